The molecule has 0 unspecified atom stereocenters. The second-order valence-corrected chi connectivity index (χ2v) is 4.85. The van der Waals surface area contributed by atoms with Crippen LogP contribution in [0.15, 0.2) is 42.0 Å². The maximum atomic E-state index is 11.2. The van der Waals surface area contributed by atoms with E-state index in [1.807, 2.05) is 0 Å². The van der Waals surface area contributed by atoms with Gasteiger partial charge in [0.2, 0.25) is 0 Å². The van der Waals surface area contributed by atoms with Crippen LogP contribution in [0.25, 0.3) is 6.08 Å². The van der Waals surface area contributed by atoms with Gasteiger partial charge in [0, 0.05) is 29.7 Å². The van der Waals surface area contributed by atoms with E-state index in [0.717, 1.165) is 0 Å². The molecule has 0 aliphatic heterocycles. The Kier molecular flexibility index (Phi) is 7.56. The van der Waals surface area contributed by atoms with Crippen molar-refractivity contribution in [1.82, 2.24) is 0 Å². The molecule has 0 fully saturated rings. The van der Waals surface area contributed by atoms with Crippen molar-refractivity contribution >= 4 is 18.0 Å². The van der Waals surface area contributed by atoms with Crippen molar-refractivity contribution in [3.63, 3.8) is 0 Å². The molecular weight excluding hydrogens is 300 g/mol. The van der Waals surface area contributed by atoms with Crippen LogP contribution in [0.1, 0.15) is 24.8 Å². The number of carbonyl (C=O) groups is 2. The molecule has 0 saturated heterocycles. The summed E-state index contributed by atoms with van der Waals surface area (Å²) in [4.78, 5) is 21.9. The molecule has 6 heteroatoms. The van der Waals surface area contributed by atoms with Gasteiger partial charge in [0.15, 0.2) is 0 Å². The van der Waals surface area contributed by atoms with Crippen LogP contribution in [0, 0.1) is 0 Å². The number of aliphatic hydroxyl groups excluding tert-OH is 1. The van der Waals surface area contributed by atoms with Crippen LogP contribution in [-0.2, 0) is 9.59 Å². The molecule has 6 nitrogen and oxygen atoms in total. The maximum Gasteiger partial charge on any atom is 0.331 e. The minimum Gasteiger partial charge on any atom is -0.493 e. The minimum absolute atomic E-state index is 0.0483. The molecule has 1 aromatic carbocycles. The Morgan fingerprint density at radius 2 is 1.83 bits per heavy atom. The Bertz CT molecular complexity index is 603. The number of aliphatic hydroxyl groups is 1. The summed E-state index contributed by atoms with van der Waals surface area (Å²) >= 11 is 0. The zero-order chi connectivity index (χ0) is 17.2. The van der Waals surface area contributed by atoms with E-state index in [0.29, 0.717) is 17.7 Å². The molecule has 0 bridgehead atoms. The van der Waals surface area contributed by atoms with Crippen LogP contribution in [0.2, 0.25) is 0 Å². The first-order valence-corrected chi connectivity index (χ1v) is 7.13. The fourth-order valence-corrected chi connectivity index (χ4v) is 1.82. The second kappa shape index (κ2) is 9.42. The van der Waals surface area contributed by atoms with Gasteiger partial charge in [-0.25, -0.2) is 9.59 Å². The predicted octanol–water partition coefficient (Wildman–Crippen LogP) is 2.34. The van der Waals surface area contributed by atoms with Crippen molar-refractivity contribution in [2.45, 2.75) is 19.3 Å². The molecule has 1 aromatic rings. The van der Waals surface area contributed by atoms with Crippen LogP contribution in [0.4, 0.5) is 0 Å². The van der Waals surface area contributed by atoms with Gasteiger partial charge >= 0.3 is 11.9 Å². The SMILES string of the molecule is C=C(CCOc1ccccc1C=C(CCCO)C(=O)O)C(=O)O. The summed E-state index contributed by atoms with van der Waals surface area (Å²) in [5.74, 6) is -1.65. The smallest absolute Gasteiger partial charge is 0.331 e. The molecule has 0 aliphatic rings. The molecule has 0 heterocycles. The molecule has 0 atom stereocenters. The summed E-state index contributed by atoms with van der Waals surface area (Å²) in [7, 11) is 0. The fraction of sp³-hybridized carbons (Fsp3) is 0.294. The van der Waals surface area contributed by atoms with Gasteiger partial charge in [-0.15, -0.1) is 0 Å². The van der Waals surface area contributed by atoms with E-state index < -0.39 is 11.9 Å². The molecule has 0 radical (unpaired) electrons. The van der Waals surface area contributed by atoms with Crippen LogP contribution in [-0.4, -0.2) is 40.5 Å². The van der Waals surface area contributed by atoms with Crippen molar-refractivity contribution in [2.75, 3.05) is 13.2 Å². The van der Waals surface area contributed by atoms with Gasteiger partial charge in [0.05, 0.1) is 6.61 Å². The quantitative estimate of drug-likeness (QED) is 0.572. The van der Waals surface area contributed by atoms with Crippen LogP contribution in [0.5, 0.6) is 5.75 Å². The number of aliphatic carboxylic acids is 2. The first-order valence-electron chi connectivity index (χ1n) is 7.13. The van der Waals surface area contributed by atoms with Crippen molar-refractivity contribution < 1.29 is 29.6 Å². The van der Waals surface area contributed by atoms with E-state index in [9.17, 15) is 14.7 Å². The van der Waals surface area contributed by atoms with E-state index in [4.69, 9.17) is 14.9 Å². The van der Waals surface area contributed by atoms with Crippen LogP contribution >= 0.6 is 0 Å². The molecular formula is C17H20O6. The number of benzene rings is 1. The van der Waals surface area contributed by atoms with Gasteiger partial charge in [-0.1, -0.05) is 24.8 Å². The van der Waals surface area contributed by atoms with Gasteiger partial charge in [0.25, 0.3) is 0 Å². The number of hydrogen-bond acceptors (Lipinski definition) is 4. The lowest BCUT2D eigenvalue weighted by atomic mass is 10.1. The predicted molar refractivity (Wildman–Crippen MR) is 85.3 cm³/mol. The zero-order valence-electron chi connectivity index (χ0n) is 12.7. The third-order valence-electron chi connectivity index (χ3n) is 3.09. The minimum atomic E-state index is -1.07. The molecule has 23 heavy (non-hydrogen) atoms. The average Bonchev–Trinajstić information content (AvgIpc) is 2.52. The first kappa shape index (κ1) is 18.4. The molecule has 124 valence electrons. The molecule has 0 aromatic heterocycles. The Labute approximate surface area is 134 Å². The van der Waals surface area contributed by atoms with Gasteiger partial charge in [-0.05, 0) is 25.0 Å². The number of ether oxygens (including phenoxy) is 1. The van der Waals surface area contributed by atoms with E-state index in [-0.39, 0.29) is 37.2 Å². The van der Waals surface area contributed by atoms with Gasteiger partial charge < -0.3 is 20.1 Å². The number of rotatable bonds is 10. The summed E-state index contributed by atoms with van der Waals surface area (Å²) in [5.41, 5.74) is 0.806. The molecule has 0 spiro atoms. The highest BCUT2D eigenvalue weighted by atomic mass is 16.5. The third-order valence-corrected chi connectivity index (χ3v) is 3.09. The highest BCUT2D eigenvalue weighted by Crippen LogP contribution is 2.23. The fourth-order valence-electron chi connectivity index (χ4n) is 1.82. The largest absolute Gasteiger partial charge is 0.493 e. The summed E-state index contributed by atoms with van der Waals surface area (Å²) < 4.78 is 5.53. The maximum absolute atomic E-state index is 11.2. The van der Waals surface area contributed by atoms with Gasteiger partial charge in [-0.3, -0.25) is 0 Å². The third kappa shape index (κ3) is 6.36. The van der Waals surface area contributed by atoms with E-state index in [2.05, 4.69) is 6.58 Å². The molecule has 1 rings (SSSR count). The lowest BCUT2D eigenvalue weighted by Gasteiger charge is -2.10. The number of carboxylic acid groups (broad SMARTS) is 2. The number of hydrogen-bond donors (Lipinski definition) is 3. The summed E-state index contributed by atoms with van der Waals surface area (Å²) in [6.45, 7) is 3.47. The lowest BCUT2D eigenvalue weighted by Crippen LogP contribution is -2.06. The number of para-hydroxylation sites is 1. The van der Waals surface area contributed by atoms with E-state index >= 15 is 0 Å². The highest BCUT2D eigenvalue weighted by molar-refractivity contribution is 5.92. The normalized spacial score (nSPS) is 11.1. The summed E-state index contributed by atoms with van der Waals surface area (Å²) in [5, 5.41) is 26.8. The van der Waals surface area contributed by atoms with Crippen molar-refractivity contribution in [3.8, 4) is 5.75 Å². The van der Waals surface area contributed by atoms with Crippen molar-refractivity contribution in [2.24, 2.45) is 0 Å². The molecule has 3 N–H and O–H groups in total. The van der Waals surface area contributed by atoms with E-state index in [1.165, 1.54) is 6.08 Å². The topological polar surface area (TPSA) is 104 Å². The lowest BCUT2D eigenvalue weighted by molar-refractivity contribution is -0.133. The molecule has 0 aliphatic carbocycles. The van der Waals surface area contributed by atoms with Crippen LogP contribution < -0.4 is 4.74 Å². The molecule has 0 amide bonds. The Morgan fingerprint density at radius 3 is 2.43 bits per heavy atom. The molecule has 0 saturated carbocycles. The Morgan fingerprint density at radius 1 is 1.13 bits per heavy atom. The Hall–Kier alpha value is -2.60. The summed E-state index contributed by atoms with van der Waals surface area (Å²) in [6, 6.07) is 6.89. The van der Waals surface area contributed by atoms with Crippen LogP contribution in [0.3, 0.4) is 0 Å². The highest BCUT2D eigenvalue weighted by Gasteiger charge is 2.10. The second-order valence-electron chi connectivity index (χ2n) is 4.85. The first-order chi connectivity index (χ1) is 11.0. The summed E-state index contributed by atoms with van der Waals surface area (Å²) in [6.07, 6.45) is 2.28. The average molecular weight is 320 g/mol. The van der Waals surface area contributed by atoms with E-state index in [1.54, 1.807) is 24.3 Å². The number of carboxylic acids is 2. The van der Waals surface area contributed by atoms with Gasteiger partial charge in [0.1, 0.15) is 5.75 Å². The zero-order valence-corrected chi connectivity index (χ0v) is 12.7. The standard InChI is InChI=1S/C17H20O6/c1-12(16(19)20)8-10-23-15-7-3-2-5-13(15)11-14(17(21)22)6-4-9-18/h2-3,5,7,11,18H,1,4,6,8-10H2,(H,19,20)(H,21,22). The van der Waals surface area contributed by atoms with Crippen molar-refractivity contribution in [3.05, 3.63) is 47.6 Å². The van der Waals surface area contributed by atoms with Gasteiger partial charge in [-0.2, -0.15) is 0 Å². The van der Waals surface area contributed by atoms with Crippen molar-refractivity contribution in [1.29, 1.82) is 0 Å². The Balaban J connectivity index is 2.85. The monoisotopic (exact) mass is 320 g/mol.